The van der Waals surface area contributed by atoms with E-state index in [2.05, 4.69) is 0 Å². The second kappa shape index (κ2) is 4.08. The third-order valence-corrected chi connectivity index (χ3v) is 2.93. The van der Waals surface area contributed by atoms with Gasteiger partial charge in [0.2, 0.25) is 11.8 Å². The molecule has 3 N–H and O–H groups in total. The van der Waals surface area contributed by atoms with E-state index in [4.69, 9.17) is 15.3 Å². The minimum Gasteiger partial charge on any atom is -0.398 e. The predicted molar refractivity (Wildman–Crippen MR) is 66.9 cm³/mol. The molecule has 3 rings (SSSR count). The van der Waals surface area contributed by atoms with Crippen molar-refractivity contribution in [3.05, 3.63) is 29.3 Å². The Hall–Kier alpha value is -2.37. The summed E-state index contributed by atoms with van der Waals surface area (Å²) in [4.78, 5) is 37.2. The largest absolute Gasteiger partial charge is 0.398 e. The maximum atomic E-state index is 12.7. The van der Waals surface area contributed by atoms with Gasteiger partial charge in [0.25, 0.3) is 5.91 Å². The molecule has 0 aromatic heterocycles. The van der Waals surface area contributed by atoms with Crippen LogP contribution in [0.5, 0.6) is 0 Å². The van der Waals surface area contributed by atoms with Gasteiger partial charge in [-0.2, -0.15) is 0 Å². The van der Waals surface area contributed by atoms with Crippen LogP contribution in [-0.4, -0.2) is 28.7 Å². The predicted octanol–water partition coefficient (Wildman–Crippen LogP) is 0.0298. The number of carbonyl (C=O) groups is 3. The zero-order chi connectivity index (χ0) is 19.8. The van der Waals surface area contributed by atoms with Crippen molar-refractivity contribution in [2.24, 2.45) is 0 Å². The number of carbonyl (C=O) groups excluding carboxylic acids is 3. The molecule has 2 aliphatic heterocycles. The number of benzene rings is 1. The molecule has 6 nitrogen and oxygen atoms in total. The van der Waals surface area contributed by atoms with Gasteiger partial charge in [0.05, 0.1) is 4.11 Å². The Kier molecular flexibility index (Phi) is 1.33. The molecular formula is C13H13N3O3. The molecule has 0 radical (unpaired) electrons. The van der Waals surface area contributed by atoms with Crippen molar-refractivity contribution in [2.45, 2.75) is 25.3 Å². The van der Waals surface area contributed by atoms with Gasteiger partial charge in [-0.3, -0.25) is 19.7 Å². The quantitative estimate of drug-likeness (QED) is 0.554. The van der Waals surface area contributed by atoms with E-state index in [1.807, 2.05) is 0 Å². The van der Waals surface area contributed by atoms with E-state index < -0.39 is 61.2 Å². The summed E-state index contributed by atoms with van der Waals surface area (Å²) in [5, 5.41) is 1.71. The van der Waals surface area contributed by atoms with Gasteiger partial charge < -0.3 is 10.6 Å². The number of imide groups is 1. The Labute approximate surface area is 119 Å². The smallest absolute Gasteiger partial charge is 0.255 e. The molecule has 1 fully saturated rings. The lowest BCUT2D eigenvalue weighted by Gasteiger charge is -2.29. The highest BCUT2D eigenvalue weighted by Crippen LogP contribution is 2.30. The fourth-order valence-corrected chi connectivity index (χ4v) is 2.02. The summed E-state index contributed by atoms with van der Waals surface area (Å²) in [6, 6.07) is -3.62. The lowest BCUT2D eigenvalue weighted by molar-refractivity contribution is -0.136. The maximum absolute atomic E-state index is 12.7. The molecule has 19 heavy (non-hydrogen) atoms. The normalized spacial score (nSPS) is 33.1. The molecule has 2 heterocycles. The van der Waals surface area contributed by atoms with Crippen LogP contribution in [0.2, 0.25) is 0 Å². The van der Waals surface area contributed by atoms with Crippen molar-refractivity contribution in [3.8, 4) is 0 Å². The van der Waals surface area contributed by atoms with Gasteiger partial charge in [-0.15, -0.1) is 0 Å². The Morgan fingerprint density at radius 1 is 1.42 bits per heavy atom. The van der Waals surface area contributed by atoms with Gasteiger partial charge in [-0.1, -0.05) is 6.04 Å². The average molecular weight is 266 g/mol. The first-order chi connectivity index (χ1) is 11.8. The highest BCUT2D eigenvalue weighted by molar-refractivity contribution is 6.06. The Morgan fingerprint density at radius 3 is 3.00 bits per heavy atom. The number of hydrogen-bond acceptors (Lipinski definition) is 4. The molecule has 1 atom stereocenters. The van der Waals surface area contributed by atoms with Crippen molar-refractivity contribution in [1.29, 1.82) is 0 Å². The highest BCUT2D eigenvalue weighted by atomic mass is 16.2. The molecular weight excluding hydrogens is 246 g/mol. The lowest BCUT2D eigenvalue weighted by atomic mass is 10.0. The summed E-state index contributed by atoms with van der Waals surface area (Å²) in [7, 11) is 0. The first-order valence-corrected chi connectivity index (χ1v) is 5.38. The number of anilines is 1. The van der Waals surface area contributed by atoms with Crippen LogP contribution in [0, 0.1) is 0 Å². The fourth-order valence-electron chi connectivity index (χ4n) is 2.02. The first kappa shape index (κ1) is 6.18. The fraction of sp³-hybridized carbons (Fsp3) is 0.308. The van der Waals surface area contributed by atoms with Gasteiger partial charge in [-0.25, -0.2) is 0 Å². The van der Waals surface area contributed by atoms with Crippen LogP contribution in [0.25, 0.3) is 0 Å². The minimum absolute atomic E-state index is 0.00191. The van der Waals surface area contributed by atoms with Gasteiger partial charge in [0, 0.05) is 35.2 Å². The minimum atomic E-state index is -3.09. The Bertz CT molecular complexity index is 886. The third-order valence-electron chi connectivity index (χ3n) is 2.93. The molecule has 0 aliphatic carbocycles. The summed E-state index contributed by atoms with van der Waals surface area (Å²) in [5.74, 6) is -3.63. The number of hydrogen-bond donors (Lipinski definition) is 2. The number of amides is 3. The summed E-state index contributed by atoms with van der Waals surface area (Å²) in [5.41, 5.74) is 5.17. The summed E-state index contributed by atoms with van der Waals surface area (Å²) < 4.78 is 54.5. The molecule has 3 amide bonds. The van der Waals surface area contributed by atoms with Crippen LogP contribution in [0.1, 0.15) is 38.3 Å². The maximum Gasteiger partial charge on any atom is 0.255 e. The molecule has 1 aromatic carbocycles. The lowest BCUT2D eigenvalue weighted by Crippen LogP contribution is -2.52. The number of nitrogens with zero attached hydrogens (tertiary/aromatic N) is 1. The second-order valence-corrected chi connectivity index (χ2v) is 4.07. The molecule has 0 spiro atoms. The first-order valence-electron chi connectivity index (χ1n) is 8.88. The number of nitrogens with one attached hydrogen (secondary N) is 1. The molecule has 0 saturated carbocycles. The van der Waals surface area contributed by atoms with Crippen molar-refractivity contribution < 1.29 is 24.0 Å². The third kappa shape index (κ3) is 1.76. The number of fused-ring (bicyclic) bond motifs is 1. The van der Waals surface area contributed by atoms with Crippen LogP contribution in [0.4, 0.5) is 5.69 Å². The van der Waals surface area contributed by atoms with E-state index in [1.54, 1.807) is 5.32 Å². The SMILES string of the molecule is [2H]c1c([2H])c(N)c2c(c1[2H])C(=O)N(C1C(=O)NC(=O)C([2H])([2H])C1([2H])[2H])C2. The van der Waals surface area contributed by atoms with E-state index in [-0.39, 0.29) is 16.8 Å². The van der Waals surface area contributed by atoms with Crippen LogP contribution in [0.15, 0.2) is 18.1 Å². The van der Waals surface area contributed by atoms with Crippen molar-refractivity contribution in [3.63, 3.8) is 0 Å². The summed E-state index contributed by atoms with van der Waals surface area (Å²) in [6.07, 6.45) is -6.13. The number of rotatable bonds is 1. The Balaban J connectivity index is 2.14. The number of nitrogen functional groups attached to an aromatic ring is 1. The highest BCUT2D eigenvalue weighted by Gasteiger charge is 2.39. The van der Waals surface area contributed by atoms with Crippen molar-refractivity contribution in [1.82, 2.24) is 10.2 Å². The van der Waals surface area contributed by atoms with Gasteiger partial charge in [0.15, 0.2) is 0 Å². The summed E-state index contributed by atoms with van der Waals surface area (Å²) >= 11 is 0. The standard InChI is InChI=1S/C13H13N3O3/c14-9-3-1-2-7-8(9)6-16(13(7)19)10-4-5-11(17)15-12(10)18/h1-3,10H,4-6,14H2,(H,15,17,18)/i1D,2D,3D,4D2,5D2. The molecule has 1 unspecified atom stereocenters. The van der Waals surface area contributed by atoms with Crippen LogP contribution in [0.3, 0.4) is 0 Å². The van der Waals surface area contributed by atoms with E-state index in [0.29, 0.717) is 4.90 Å². The van der Waals surface area contributed by atoms with Crippen molar-refractivity contribution >= 4 is 23.4 Å². The Morgan fingerprint density at radius 2 is 2.21 bits per heavy atom. The summed E-state index contributed by atoms with van der Waals surface area (Å²) in [6.45, 7) is -0.445. The van der Waals surface area contributed by atoms with Gasteiger partial charge in [-0.05, 0) is 18.5 Å². The number of piperidine rings is 1. The van der Waals surface area contributed by atoms with E-state index in [9.17, 15) is 14.4 Å². The monoisotopic (exact) mass is 266 g/mol. The van der Waals surface area contributed by atoms with Crippen LogP contribution >= 0.6 is 0 Å². The van der Waals surface area contributed by atoms with Crippen LogP contribution < -0.4 is 11.1 Å². The topological polar surface area (TPSA) is 92.5 Å². The van der Waals surface area contributed by atoms with E-state index >= 15 is 0 Å². The van der Waals surface area contributed by atoms with Gasteiger partial charge in [0.1, 0.15) is 6.04 Å². The molecule has 1 aromatic rings. The average Bonchev–Trinajstić information content (AvgIpc) is 2.87. The molecule has 0 bridgehead atoms. The zero-order valence-corrected chi connectivity index (χ0v) is 9.53. The van der Waals surface area contributed by atoms with Gasteiger partial charge >= 0.3 is 0 Å². The number of nitrogens with two attached hydrogens (primary N) is 1. The van der Waals surface area contributed by atoms with Crippen molar-refractivity contribution in [2.75, 3.05) is 5.73 Å². The zero-order valence-electron chi connectivity index (χ0n) is 16.5. The van der Waals surface area contributed by atoms with E-state index in [1.165, 1.54) is 0 Å². The molecule has 98 valence electrons. The second-order valence-electron chi connectivity index (χ2n) is 4.07. The molecule has 1 saturated heterocycles. The van der Waals surface area contributed by atoms with E-state index in [0.717, 1.165) is 0 Å². The van der Waals surface area contributed by atoms with Crippen LogP contribution in [-0.2, 0) is 16.1 Å². The molecule has 2 aliphatic rings. The molecule has 6 heteroatoms.